The van der Waals surface area contributed by atoms with Gasteiger partial charge in [0.15, 0.2) is 11.4 Å². The summed E-state index contributed by atoms with van der Waals surface area (Å²) in [6.07, 6.45) is 1.41. The van der Waals surface area contributed by atoms with Gasteiger partial charge >= 0.3 is 0 Å². The quantitative estimate of drug-likeness (QED) is 0.197. The number of nitrogens with one attached hydrogen (secondary N) is 1. The van der Waals surface area contributed by atoms with Crippen molar-refractivity contribution >= 4 is 39.7 Å². The molecule has 4 rings (SSSR count). The van der Waals surface area contributed by atoms with Crippen LogP contribution in [-0.4, -0.2) is 17.2 Å². The molecule has 0 aliphatic carbocycles. The highest BCUT2D eigenvalue weighted by molar-refractivity contribution is 9.10. The molecule has 4 aromatic rings. The zero-order valence-corrected chi connectivity index (χ0v) is 21.2. The Morgan fingerprint density at radius 1 is 1.00 bits per heavy atom. The molecule has 0 saturated heterocycles. The summed E-state index contributed by atoms with van der Waals surface area (Å²) >= 11 is 9.83. The predicted molar refractivity (Wildman–Crippen MR) is 142 cm³/mol. The molecule has 36 heavy (non-hydrogen) atoms. The van der Waals surface area contributed by atoms with E-state index in [1.807, 2.05) is 0 Å². The van der Waals surface area contributed by atoms with Gasteiger partial charge in [-0.25, -0.2) is 9.82 Å². The Balaban J connectivity index is 1.49. The van der Waals surface area contributed by atoms with E-state index in [4.69, 9.17) is 16.3 Å². The zero-order chi connectivity index (χ0) is 25.5. The van der Waals surface area contributed by atoms with Gasteiger partial charge in [-0.2, -0.15) is 5.10 Å². The largest absolute Gasteiger partial charge is 0.486 e. The average molecular weight is 568 g/mol. The lowest BCUT2D eigenvalue weighted by Crippen LogP contribution is -2.43. The fraction of sp³-hybridized carbons (Fsp3) is 0.0714. The molecular formula is C28H21BrClFN2O3. The van der Waals surface area contributed by atoms with E-state index in [0.29, 0.717) is 31.9 Å². The highest BCUT2D eigenvalue weighted by Crippen LogP contribution is 2.35. The second-order valence-electron chi connectivity index (χ2n) is 7.87. The molecule has 0 aliphatic rings. The summed E-state index contributed by atoms with van der Waals surface area (Å²) in [5, 5.41) is 15.8. The lowest BCUT2D eigenvalue weighted by atomic mass is 9.85. The van der Waals surface area contributed by atoms with Crippen LogP contribution in [0.2, 0.25) is 5.02 Å². The lowest BCUT2D eigenvalue weighted by molar-refractivity contribution is -0.136. The third kappa shape index (κ3) is 5.82. The Morgan fingerprint density at radius 3 is 2.14 bits per heavy atom. The molecule has 0 atom stereocenters. The normalized spacial score (nSPS) is 11.4. The summed E-state index contributed by atoms with van der Waals surface area (Å²) in [5.41, 5.74) is 2.70. The van der Waals surface area contributed by atoms with Crippen molar-refractivity contribution in [2.75, 3.05) is 0 Å². The van der Waals surface area contributed by atoms with Crippen LogP contribution < -0.4 is 10.2 Å². The molecular weight excluding hydrogens is 547 g/mol. The smallest absolute Gasteiger partial charge is 0.281 e. The molecule has 0 spiro atoms. The number of halogens is 3. The van der Waals surface area contributed by atoms with Crippen LogP contribution in [0.3, 0.4) is 0 Å². The highest BCUT2D eigenvalue weighted by Gasteiger charge is 2.39. The van der Waals surface area contributed by atoms with Gasteiger partial charge in [0, 0.05) is 0 Å². The van der Waals surface area contributed by atoms with E-state index < -0.39 is 11.5 Å². The van der Waals surface area contributed by atoms with Gasteiger partial charge in [0.1, 0.15) is 12.4 Å². The van der Waals surface area contributed by atoms with Crippen molar-refractivity contribution in [3.63, 3.8) is 0 Å². The van der Waals surface area contributed by atoms with E-state index in [0.717, 1.165) is 5.56 Å². The first-order valence-electron chi connectivity index (χ1n) is 10.9. The van der Waals surface area contributed by atoms with Crippen LogP contribution in [-0.2, 0) is 17.0 Å². The topological polar surface area (TPSA) is 70.9 Å². The first-order chi connectivity index (χ1) is 17.4. The lowest BCUT2D eigenvalue weighted by Gasteiger charge is -2.27. The first kappa shape index (κ1) is 25.6. The summed E-state index contributed by atoms with van der Waals surface area (Å²) in [6, 6.07) is 26.7. The number of nitrogens with zero attached hydrogens (tertiary/aromatic N) is 1. The van der Waals surface area contributed by atoms with E-state index in [2.05, 4.69) is 26.5 Å². The van der Waals surface area contributed by atoms with Crippen LogP contribution in [0.4, 0.5) is 4.39 Å². The second-order valence-corrected chi connectivity index (χ2v) is 9.13. The standard InChI is InChI=1S/C28H21BrClFN2O3/c29-24-15-20(16-25(30)26(24)36-18-19-11-13-23(31)14-12-19)17-32-33-27(34)28(35,21-7-3-1-4-8-21)22-9-5-2-6-10-22/h1-17,35H,18H2,(H,33,34)/b32-17+. The van der Waals surface area contributed by atoms with Gasteiger partial charge in [0.25, 0.3) is 5.91 Å². The number of amides is 1. The molecule has 0 saturated carbocycles. The van der Waals surface area contributed by atoms with Gasteiger partial charge in [0.05, 0.1) is 15.7 Å². The van der Waals surface area contributed by atoms with Crippen molar-refractivity contribution in [1.29, 1.82) is 0 Å². The van der Waals surface area contributed by atoms with E-state index in [9.17, 15) is 14.3 Å². The van der Waals surface area contributed by atoms with Crippen LogP contribution in [0.25, 0.3) is 0 Å². The number of aliphatic hydroxyl groups is 1. The molecule has 1 amide bonds. The molecule has 8 heteroatoms. The van der Waals surface area contributed by atoms with Crippen molar-refractivity contribution in [1.82, 2.24) is 5.43 Å². The minimum atomic E-state index is -1.93. The Labute approximate surface area is 221 Å². The van der Waals surface area contributed by atoms with E-state index in [-0.39, 0.29) is 12.4 Å². The SMILES string of the molecule is O=C(N/N=C/c1cc(Cl)c(OCc2ccc(F)cc2)c(Br)c1)C(O)(c1ccccc1)c1ccccc1. The molecule has 0 aliphatic heterocycles. The van der Waals surface area contributed by atoms with Crippen molar-refractivity contribution in [3.05, 3.63) is 135 Å². The monoisotopic (exact) mass is 566 g/mol. The van der Waals surface area contributed by atoms with Crippen LogP contribution in [0.1, 0.15) is 22.3 Å². The van der Waals surface area contributed by atoms with Crippen molar-refractivity contribution in [2.24, 2.45) is 5.10 Å². The fourth-order valence-corrected chi connectivity index (χ4v) is 4.55. The number of hydrazone groups is 1. The van der Waals surface area contributed by atoms with Gasteiger partial charge in [-0.05, 0) is 62.4 Å². The van der Waals surface area contributed by atoms with Crippen LogP contribution >= 0.6 is 27.5 Å². The molecule has 0 aromatic heterocycles. The Morgan fingerprint density at radius 2 is 1.58 bits per heavy atom. The predicted octanol–water partition coefficient (Wildman–Crippen LogP) is 6.21. The van der Waals surface area contributed by atoms with Crippen molar-refractivity contribution < 1.29 is 19.0 Å². The summed E-state index contributed by atoms with van der Waals surface area (Å²) in [5.74, 6) is -0.607. The first-order valence-corrected chi connectivity index (χ1v) is 12.1. The average Bonchev–Trinajstić information content (AvgIpc) is 2.89. The third-order valence-electron chi connectivity index (χ3n) is 5.41. The maximum atomic E-state index is 13.1. The van der Waals surface area contributed by atoms with Crippen molar-refractivity contribution in [3.8, 4) is 5.75 Å². The van der Waals surface area contributed by atoms with Gasteiger partial charge in [-0.1, -0.05) is 84.4 Å². The van der Waals surface area contributed by atoms with Crippen molar-refractivity contribution in [2.45, 2.75) is 12.2 Å². The number of benzene rings is 4. The number of carbonyl (C=O) groups is 1. The summed E-state index contributed by atoms with van der Waals surface area (Å²) in [4.78, 5) is 13.1. The number of carbonyl (C=O) groups excluding carboxylic acids is 1. The molecule has 0 heterocycles. The number of rotatable bonds is 8. The molecule has 0 fully saturated rings. The number of hydrogen-bond donors (Lipinski definition) is 2. The summed E-state index contributed by atoms with van der Waals surface area (Å²) in [7, 11) is 0. The van der Waals surface area contributed by atoms with Gasteiger partial charge < -0.3 is 9.84 Å². The molecule has 0 bridgehead atoms. The molecule has 182 valence electrons. The zero-order valence-electron chi connectivity index (χ0n) is 18.9. The van der Waals surface area contributed by atoms with E-state index in [1.165, 1.54) is 18.3 Å². The number of hydrogen-bond acceptors (Lipinski definition) is 4. The van der Waals surface area contributed by atoms with Crippen LogP contribution in [0.5, 0.6) is 5.75 Å². The minimum Gasteiger partial charge on any atom is -0.486 e. The Kier molecular flexibility index (Phi) is 8.15. The maximum absolute atomic E-state index is 13.1. The van der Waals surface area contributed by atoms with Crippen LogP contribution in [0.15, 0.2) is 107 Å². The van der Waals surface area contributed by atoms with Gasteiger partial charge in [0.2, 0.25) is 0 Å². The summed E-state index contributed by atoms with van der Waals surface area (Å²) < 4.78 is 19.5. The third-order valence-corrected chi connectivity index (χ3v) is 6.28. The summed E-state index contributed by atoms with van der Waals surface area (Å²) in [6.45, 7) is 0.208. The van der Waals surface area contributed by atoms with Crippen LogP contribution in [0, 0.1) is 5.82 Å². The maximum Gasteiger partial charge on any atom is 0.281 e. The van der Waals surface area contributed by atoms with E-state index in [1.54, 1.807) is 84.9 Å². The Hall–Kier alpha value is -3.52. The highest BCUT2D eigenvalue weighted by atomic mass is 79.9. The molecule has 0 unspecified atom stereocenters. The minimum absolute atomic E-state index is 0.208. The Bertz CT molecular complexity index is 1300. The molecule has 5 nitrogen and oxygen atoms in total. The molecule has 2 N–H and O–H groups in total. The van der Waals surface area contributed by atoms with Gasteiger partial charge in [-0.3, -0.25) is 4.79 Å². The van der Waals surface area contributed by atoms with E-state index >= 15 is 0 Å². The van der Waals surface area contributed by atoms with Gasteiger partial charge in [-0.15, -0.1) is 0 Å². The fourth-order valence-electron chi connectivity index (χ4n) is 3.56. The molecule has 0 radical (unpaired) electrons. The molecule has 4 aromatic carbocycles. The second kappa shape index (κ2) is 11.5. The number of ether oxygens (including phenoxy) is 1.